The maximum Gasteiger partial charge on any atom is 0.376 e. The van der Waals surface area contributed by atoms with E-state index in [-0.39, 0.29) is 11.6 Å². The molecule has 0 aliphatic rings. The summed E-state index contributed by atoms with van der Waals surface area (Å²) in [5.74, 6) is -1.15. The zero-order chi connectivity index (χ0) is 18.1. The number of carbonyl (C=O) groups is 1. The zero-order valence-electron chi connectivity index (χ0n) is 13.4. The highest BCUT2D eigenvalue weighted by atomic mass is 32.1. The van der Waals surface area contributed by atoms with Crippen LogP contribution >= 0.6 is 11.3 Å². The molecule has 0 spiro atoms. The molecule has 0 radical (unpaired) electrons. The third-order valence-electron chi connectivity index (χ3n) is 3.61. The first-order chi connectivity index (χ1) is 12.6. The Kier molecular flexibility index (Phi) is 4.10. The maximum atomic E-state index is 13.7. The lowest BCUT2D eigenvalue weighted by atomic mass is 10.1. The molecule has 0 atom stereocenters. The molecule has 3 aromatic heterocycles. The minimum Gasteiger partial charge on any atom is -0.463 e. The molecule has 0 amide bonds. The number of hydrogen-bond acceptors (Lipinski definition) is 7. The molecule has 0 aliphatic carbocycles. The number of ether oxygens (including phenoxy) is 2. The Morgan fingerprint density at radius 2 is 2.12 bits per heavy atom. The second-order valence-corrected chi connectivity index (χ2v) is 6.32. The fourth-order valence-electron chi connectivity index (χ4n) is 2.37. The second-order valence-electron chi connectivity index (χ2n) is 5.28. The summed E-state index contributed by atoms with van der Waals surface area (Å²) < 4.78 is 29.7. The number of aromatic nitrogens is 2. The van der Waals surface area contributed by atoms with Crippen molar-refractivity contribution >= 4 is 27.4 Å². The van der Waals surface area contributed by atoms with Crippen molar-refractivity contribution in [3.63, 3.8) is 0 Å². The minimum absolute atomic E-state index is 0.0310. The monoisotopic (exact) mass is 370 g/mol. The Bertz CT molecular complexity index is 1110. The topological polar surface area (TPSA) is 74.5 Å². The largest absolute Gasteiger partial charge is 0.463 e. The Morgan fingerprint density at radius 1 is 1.23 bits per heavy atom. The first-order valence-corrected chi connectivity index (χ1v) is 8.33. The molecule has 8 heteroatoms. The van der Waals surface area contributed by atoms with Crippen molar-refractivity contribution in [2.24, 2.45) is 0 Å². The summed E-state index contributed by atoms with van der Waals surface area (Å²) in [6.07, 6.45) is 1.47. The van der Waals surface area contributed by atoms with E-state index < -0.39 is 11.8 Å². The number of rotatable bonds is 4. The SMILES string of the molecule is COC(=O)c1cc(-c2ccc3cc(Oc4ncccc4F)sc3c2)no1. The number of thiophene rings is 1. The first kappa shape index (κ1) is 16.2. The van der Waals surface area contributed by atoms with E-state index in [4.69, 9.17) is 9.26 Å². The van der Waals surface area contributed by atoms with Crippen molar-refractivity contribution in [2.45, 2.75) is 0 Å². The maximum absolute atomic E-state index is 13.7. The van der Waals surface area contributed by atoms with Crippen LogP contribution in [0.15, 0.2) is 53.2 Å². The first-order valence-electron chi connectivity index (χ1n) is 7.51. The third-order valence-corrected chi connectivity index (χ3v) is 4.59. The van der Waals surface area contributed by atoms with Crippen LogP contribution in [-0.2, 0) is 4.74 Å². The molecule has 6 nitrogen and oxygen atoms in total. The fraction of sp³-hybridized carbons (Fsp3) is 0.0556. The lowest BCUT2D eigenvalue weighted by molar-refractivity contribution is 0.0554. The quantitative estimate of drug-likeness (QED) is 0.486. The van der Waals surface area contributed by atoms with E-state index in [9.17, 15) is 9.18 Å². The van der Waals surface area contributed by atoms with Gasteiger partial charge in [0.25, 0.3) is 5.88 Å². The van der Waals surface area contributed by atoms with Crippen LogP contribution in [0.25, 0.3) is 21.3 Å². The second kappa shape index (κ2) is 6.57. The summed E-state index contributed by atoms with van der Waals surface area (Å²) in [5.41, 5.74) is 1.28. The summed E-state index contributed by atoms with van der Waals surface area (Å²) in [6.45, 7) is 0. The van der Waals surface area contributed by atoms with E-state index in [1.807, 2.05) is 18.2 Å². The molecule has 1 aromatic carbocycles. The molecule has 26 heavy (non-hydrogen) atoms. The fourth-order valence-corrected chi connectivity index (χ4v) is 3.32. The lowest BCUT2D eigenvalue weighted by Crippen LogP contribution is -1.98. The van der Waals surface area contributed by atoms with Gasteiger partial charge in [-0.1, -0.05) is 28.6 Å². The molecule has 3 heterocycles. The summed E-state index contributed by atoms with van der Waals surface area (Å²) >= 11 is 1.35. The van der Waals surface area contributed by atoms with Crippen molar-refractivity contribution < 1.29 is 23.2 Å². The minimum atomic E-state index is -0.589. The number of pyridine rings is 1. The van der Waals surface area contributed by atoms with E-state index in [0.717, 1.165) is 15.6 Å². The number of methoxy groups -OCH3 is 1. The molecule has 0 saturated heterocycles. The summed E-state index contributed by atoms with van der Waals surface area (Å²) in [6, 6.07) is 11.7. The van der Waals surface area contributed by atoms with Crippen LogP contribution in [0, 0.1) is 5.82 Å². The Balaban J connectivity index is 1.64. The number of nitrogens with zero attached hydrogens (tertiary/aromatic N) is 2. The van der Waals surface area contributed by atoms with E-state index in [1.54, 1.807) is 6.07 Å². The number of carbonyl (C=O) groups excluding carboxylic acids is 1. The molecule has 0 aliphatic heterocycles. The average Bonchev–Trinajstić information content (AvgIpc) is 3.29. The Hall–Kier alpha value is -3.26. The number of fused-ring (bicyclic) bond motifs is 1. The van der Waals surface area contributed by atoms with Crippen LogP contribution in [0.1, 0.15) is 10.6 Å². The van der Waals surface area contributed by atoms with Crippen molar-refractivity contribution in [3.8, 4) is 22.2 Å². The van der Waals surface area contributed by atoms with Gasteiger partial charge in [-0.2, -0.15) is 0 Å². The van der Waals surface area contributed by atoms with Gasteiger partial charge in [-0.3, -0.25) is 0 Å². The smallest absolute Gasteiger partial charge is 0.376 e. The number of halogens is 1. The van der Waals surface area contributed by atoms with Crippen molar-refractivity contribution in [1.82, 2.24) is 10.1 Å². The molecule has 0 fully saturated rings. The third kappa shape index (κ3) is 3.02. The molecule has 130 valence electrons. The predicted molar refractivity (Wildman–Crippen MR) is 92.9 cm³/mol. The molecule has 4 rings (SSSR count). The Morgan fingerprint density at radius 3 is 2.92 bits per heavy atom. The molecule has 0 unspecified atom stereocenters. The molecule has 0 N–H and O–H groups in total. The highest BCUT2D eigenvalue weighted by Crippen LogP contribution is 2.36. The van der Waals surface area contributed by atoms with Gasteiger partial charge in [0.05, 0.1) is 7.11 Å². The van der Waals surface area contributed by atoms with Gasteiger partial charge in [0.2, 0.25) is 5.76 Å². The lowest BCUT2D eigenvalue weighted by Gasteiger charge is -2.00. The van der Waals surface area contributed by atoms with E-state index in [1.165, 1.54) is 42.8 Å². The van der Waals surface area contributed by atoms with Crippen LogP contribution in [0.5, 0.6) is 10.9 Å². The van der Waals surface area contributed by atoms with Crippen molar-refractivity contribution in [2.75, 3.05) is 7.11 Å². The van der Waals surface area contributed by atoms with Crippen molar-refractivity contribution in [1.29, 1.82) is 0 Å². The van der Waals surface area contributed by atoms with Crippen LogP contribution < -0.4 is 4.74 Å². The van der Waals surface area contributed by atoms with E-state index in [0.29, 0.717) is 10.8 Å². The van der Waals surface area contributed by atoms with Gasteiger partial charge in [0.15, 0.2) is 10.9 Å². The van der Waals surface area contributed by atoms with Gasteiger partial charge in [0, 0.05) is 28.6 Å². The van der Waals surface area contributed by atoms with Crippen LogP contribution in [0.2, 0.25) is 0 Å². The standard InChI is InChI=1S/C18H11FN2O4S/c1-23-18(22)14-9-13(21-25-14)10-4-5-11-8-16(26-15(11)7-10)24-17-12(19)3-2-6-20-17/h2-9H,1H3. The van der Waals surface area contributed by atoms with Gasteiger partial charge >= 0.3 is 5.97 Å². The van der Waals surface area contributed by atoms with Crippen LogP contribution in [0.4, 0.5) is 4.39 Å². The predicted octanol–water partition coefficient (Wildman–Crippen LogP) is 4.67. The summed E-state index contributed by atoms with van der Waals surface area (Å²) in [4.78, 5) is 15.3. The van der Waals surface area contributed by atoms with Crippen LogP contribution in [-0.4, -0.2) is 23.2 Å². The highest BCUT2D eigenvalue weighted by Gasteiger charge is 2.15. The number of hydrogen-bond donors (Lipinski definition) is 0. The number of esters is 1. The zero-order valence-corrected chi connectivity index (χ0v) is 14.2. The summed E-state index contributed by atoms with van der Waals surface area (Å²) in [7, 11) is 1.27. The number of benzene rings is 1. The molecule has 0 saturated carbocycles. The van der Waals surface area contributed by atoms with Gasteiger partial charge in [0.1, 0.15) is 5.69 Å². The molecule has 0 bridgehead atoms. The highest BCUT2D eigenvalue weighted by molar-refractivity contribution is 7.20. The molecular formula is C18H11FN2O4S. The molecular weight excluding hydrogens is 359 g/mol. The van der Waals surface area contributed by atoms with Gasteiger partial charge in [-0.05, 0) is 23.6 Å². The van der Waals surface area contributed by atoms with E-state index in [2.05, 4.69) is 14.9 Å². The van der Waals surface area contributed by atoms with Crippen LogP contribution in [0.3, 0.4) is 0 Å². The molecule has 4 aromatic rings. The summed E-state index contributed by atoms with van der Waals surface area (Å²) in [5, 5.41) is 5.34. The van der Waals surface area contributed by atoms with Gasteiger partial charge in [-0.25, -0.2) is 14.2 Å². The van der Waals surface area contributed by atoms with Crippen molar-refractivity contribution in [3.05, 3.63) is 60.2 Å². The average molecular weight is 370 g/mol. The van der Waals surface area contributed by atoms with E-state index >= 15 is 0 Å². The van der Waals surface area contributed by atoms with Gasteiger partial charge in [-0.15, -0.1) is 0 Å². The normalized spacial score (nSPS) is 10.8. The van der Waals surface area contributed by atoms with Gasteiger partial charge < -0.3 is 14.0 Å². The Labute approximate surface area is 150 Å².